The average Bonchev–Trinajstić information content (AvgIpc) is 2.65. The quantitative estimate of drug-likeness (QED) is 0.640. The zero-order chi connectivity index (χ0) is 9.80. The van der Waals surface area contributed by atoms with Crippen molar-refractivity contribution in [1.29, 1.82) is 0 Å². The highest BCUT2D eigenvalue weighted by Crippen LogP contribution is 2.22. The maximum absolute atomic E-state index is 3.68. The van der Waals surface area contributed by atoms with Crippen LogP contribution >= 0.6 is 11.3 Å². The number of hydrogen-bond acceptors (Lipinski definition) is 1. The summed E-state index contributed by atoms with van der Waals surface area (Å²) in [5.74, 6) is 0. The van der Waals surface area contributed by atoms with Crippen LogP contribution in [0, 0.1) is 0 Å². The summed E-state index contributed by atoms with van der Waals surface area (Å²) in [4.78, 5) is 0. The molecular formula is C13H12S. The van der Waals surface area contributed by atoms with Gasteiger partial charge in [0.15, 0.2) is 0 Å². The largest absolute Gasteiger partial charge is 0.144 e. The topological polar surface area (TPSA) is 0 Å². The first-order valence-electron chi connectivity index (χ1n) is 4.65. The van der Waals surface area contributed by atoms with E-state index in [1.54, 1.807) is 11.3 Å². The van der Waals surface area contributed by atoms with Gasteiger partial charge in [0.25, 0.3) is 0 Å². The third kappa shape index (κ3) is 1.94. The lowest BCUT2D eigenvalue weighted by Gasteiger charge is -1.93. The Kier molecular flexibility index (Phi) is 2.80. The minimum Gasteiger partial charge on any atom is -0.144 e. The first-order chi connectivity index (χ1) is 6.90. The molecule has 1 heterocycles. The highest BCUT2D eigenvalue weighted by molar-refractivity contribution is 7.17. The highest BCUT2D eigenvalue weighted by atomic mass is 32.1. The normalized spacial score (nSPS) is 11.1. The molecule has 0 spiro atoms. The van der Waals surface area contributed by atoms with Crippen LogP contribution in [0.1, 0.15) is 12.0 Å². The number of benzene rings is 1. The van der Waals surface area contributed by atoms with E-state index in [2.05, 4.69) is 48.4 Å². The van der Waals surface area contributed by atoms with Crippen LogP contribution in [0.25, 0.3) is 16.2 Å². The van der Waals surface area contributed by atoms with E-state index in [1.165, 1.54) is 15.6 Å². The predicted octanol–water partition coefficient (Wildman–Crippen LogP) is 4.49. The SMILES string of the molecule is C=CC/C=C/c1ccc2sccc2c1. The molecule has 0 atom stereocenters. The van der Waals surface area contributed by atoms with Gasteiger partial charge in [-0.1, -0.05) is 24.3 Å². The molecule has 2 rings (SSSR count). The minimum absolute atomic E-state index is 0.932. The molecule has 0 radical (unpaired) electrons. The molecule has 0 saturated carbocycles. The van der Waals surface area contributed by atoms with E-state index < -0.39 is 0 Å². The van der Waals surface area contributed by atoms with Crippen LogP contribution in [0.3, 0.4) is 0 Å². The zero-order valence-corrected chi connectivity index (χ0v) is 8.76. The van der Waals surface area contributed by atoms with E-state index in [1.807, 2.05) is 6.08 Å². The summed E-state index contributed by atoms with van der Waals surface area (Å²) in [6, 6.07) is 8.70. The molecule has 0 fully saturated rings. The van der Waals surface area contributed by atoms with E-state index in [0.717, 1.165) is 6.42 Å². The Balaban J connectivity index is 2.29. The summed E-state index contributed by atoms with van der Waals surface area (Å²) in [5.41, 5.74) is 1.26. The van der Waals surface area contributed by atoms with Crippen molar-refractivity contribution in [2.24, 2.45) is 0 Å². The van der Waals surface area contributed by atoms with Crippen LogP contribution in [-0.2, 0) is 0 Å². The molecule has 0 saturated heterocycles. The molecule has 0 aliphatic rings. The van der Waals surface area contributed by atoms with Crippen molar-refractivity contribution in [2.45, 2.75) is 6.42 Å². The molecule has 0 aliphatic heterocycles. The summed E-state index contributed by atoms with van der Waals surface area (Å²) < 4.78 is 1.35. The Hall–Kier alpha value is -1.34. The van der Waals surface area contributed by atoms with Crippen molar-refractivity contribution in [3.8, 4) is 0 Å². The maximum Gasteiger partial charge on any atom is 0.0343 e. The second kappa shape index (κ2) is 4.25. The lowest BCUT2D eigenvalue weighted by Crippen LogP contribution is -1.70. The first-order valence-corrected chi connectivity index (χ1v) is 5.53. The summed E-state index contributed by atoms with van der Waals surface area (Å²) >= 11 is 1.78. The van der Waals surface area contributed by atoms with Crippen LogP contribution in [-0.4, -0.2) is 0 Å². The fraction of sp³-hybridized carbons (Fsp3) is 0.0769. The third-order valence-corrected chi connectivity index (χ3v) is 2.99. The van der Waals surface area contributed by atoms with E-state index in [0.29, 0.717) is 0 Å². The van der Waals surface area contributed by atoms with Gasteiger partial charge in [0.1, 0.15) is 0 Å². The van der Waals surface area contributed by atoms with Gasteiger partial charge in [0.05, 0.1) is 0 Å². The summed E-state index contributed by atoms with van der Waals surface area (Å²) in [7, 11) is 0. The predicted molar refractivity (Wildman–Crippen MR) is 65.7 cm³/mol. The lowest BCUT2D eigenvalue weighted by atomic mass is 10.1. The molecule has 0 aliphatic carbocycles. The summed E-state index contributed by atoms with van der Waals surface area (Å²) in [6.07, 6.45) is 7.10. The fourth-order valence-corrected chi connectivity index (χ4v) is 2.16. The van der Waals surface area contributed by atoms with Gasteiger partial charge in [-0.25, -0.2) is 0 Å². The molecule has 14 heavy (non-hydrogen) atoms. The summed E-state index contributed by atoms with van der Waals surface area (Å²) in [6.45, 7) is 3.68. The summed E-state index contributed by atoms with van der Waals surface area (Å²) in [5, 5.41) is 3.46. The van der Waals surface area contributed by atoms with Crippen LogP contribution in [0.15, 0.2) is 48.4 Å². The Morgan fingerprint density at radius 3 is 3.07 bits per heavy atom. The second-order valence-corrected chi connectivity index (χ2v) is 4.09. The van der Waals surface area contributed by atoms with Gasteiger partial charge >= 0.3 is 0 Å². The lowest BCUT2D eigenvalue weighted by molar-refractivity contribution is 1.42. The second-order valence-electron chi connectivity index (χ2n) is 3.14. The van der Waals surface area contributed by atoms with Gasteiger partial charge in [0.2, 0.25) is 0 Å². The average molecular weight is 200 g/mol. The van der Waals surface area contributed by atoms with E-state index in [9.17, 15) is 0 Å². The van der Waals surface area contributed by atoms with Crippen molar-refractivity contribution >= 4 is 27.5 Å². The van der Waals surface area contributed by atoms with Crippen molar-refractivity contribution in [2.75, 3.05) is 0 Å². The number of fused-ring (bicyclic) bond motifs is 1. The Labute approximate surface area is 88.2 Å². The molecule has 1 aromatic carbocycles. The van der Waals surface area contributed by atoms with Crippen LogP contribution in [0.5, 0.6) is 0 Å². The van der Waals surface area contributed by atoms with Crippen LogP contribution in [0.4, 0.5) is 0 Å². The molecule has 1 heteroatoms. The number of hydrogen-bond donors (Lipinski definition) is 0. The maximum atomic E-state index is 3.68. The Morgan fingerprint density at radius 1 is 1.29 bits per heavy atom. The highest BCUT2D eigenvalue weighted by Gasteiger charge is 1.93. The molecule has 0 N–H and O–H groups in total. The molecular weight excluding hydrogens is 188 g/mol. The monoisotopic (exact) mass is 200 g/mol. The molecule has 70 valence electrons. The van der Waals surface area contributed by atoms with Gasteiger partial charge in [-0.15, -0.1) is 17.9 Å². The molecule has 0 unspecified atom stereocenters. The van der Waals surface area contributed by atoms with Gasteiger partial charge in [-0.3, -0.25) is 0 Å². The smallest absolute Gasteiger partial charge is 0.0343 e. The molecule has 2 aromatic rings. The minimum atomic E-state index is 0.932. The Bertz CT molecular complexity index is 463. The molecule has 0 nitrogen and oxygen atoms in total. The molecule has 0 bridgehead atoms. The van der Waals surface area contributed by atoms with Crippen molar-refractivity contribution in [1.82, 2.24) is 0 Å². The first kappa shape index (κ1) is 9.22. The van der Waals surface area contributed by atoms with Crippen LogP contribution in [0.2, 0.25) is 0 Å². The van der Waals surface area contributed by atoms with Gasteiger partial charge < -0.3 is 0 Å². The van der Waals surface area contributed by atoms with Gasteiger partial charge in [0, 0.05) is 4.70 Å². The number of allylic oxidation sites excluding steroid dienone is 2. The van der Waals surface area contributed by atoms with E-state index in [-0.39, 0.29) is 0 Å². The molecule has 1 aromatic heterocycles. The van der Waals surface area contributed by atoms with E-state index in [4.69, 9.17) is 0 Å². The van der Waals surface area contributed by atoms with Crippen molar-refractivity contribution < 1.29 is 0 Å². The standard InChI is InChI=1S/C13H12S/c1-2-3-4-5-11-6-7-13-12(10-11)8-9-14-13/h2,4-10H,1,3H2/b5-4+. The Morgan fingerprint density at radius 2 is 2.21 bits per heavy atom. The fourth-order valence-electron chi connectivity index (χ4n) is 1.39. The zero-order valence-electron chi connectivity index (χ0n) is 7.94. The van der Waals surface area contributed by atoms with Crippen molar-refractivity contribution in [3.63, 3.8) is 0 Å². The van der Waals surface area contributed by atoms with Gasteiger partial charge in [-0.05, 0) is 40.9 Å². The third-order valence-electron chi connectivity index (χ3n) is 2.09. The van der Waals surface area contributed by atoms with Crippen molar-refractivity contribution in [3.05, 3.63) is 53.9 Å². The molecule has 0 amide bonds. The van der Waals surface area contributed by atoms with Crippen LogP contribution < -0.4 is 0 Å². The number of thiophene rings is 1. The van der Waals surface area contributed by atoms with E-state index >= 15 is 0 Å². The number of rotatable bonds is 3. The van der Waals surface area contributed by atoms with Gasteiger partial charge in [-0.2, -0.15) is 0 Å².